The Balaban J connectivity index is 0.000000490. The van der Waals surface area contributed by atoms with E-state index >= 15 is 0 Å². The molecule has 1 nitrogen and oxygen atoms in total. The van der Waals surface area contributed by atoms with E-state index in [0.717, 1.165) is 12.6 Å². The molecule has 0 heterocycles. The Morgan fingerprint density at radius 2 is 2.43 bits per heavy atom. The monoisotopic (exact) mass is 101 g/mol. The molecular formula is C6H15N. The number of hydrogen-bond donors (Lipinski definition) is 1. The van der Waals surface area contributed by atoms with E-state index < -0.39 is 0 Å². The van der Waals surface area contributed by atoms with Crippen LogP contribution in [0.15, 0.2) is 0 Å². The summed E-state index contributed by atoms with van der Waals surface area (Å²) < 4.78 is 0. The first-order chi connectivity index (χ1) is 3.43. The number of hydrogen-bond acceptors (Lipinski definition) is 1. The van der Waals surface area contributed by atoms with Crippen molar-refractivity contribution in [3.8, 4) is 0 Å². The maximum atomic E-state index is 3.38. The maximum absolute atomic E-state index is 3.38. The van der Waals surface area contributed by atoms with E-state index in [9.17, 15) is 0 Å². The minimum atomic E-state index is 0. The van der Waals surface area contributed by atoms with Crippen LogP contribution in [0.4, 0.5) is 0 Å². The zero-order valence-electron chi connectivity index (χ0n) is 4.91. The van der Waals surface area contributed by atoms with Crippen molar-refractivity contribution >= 4 is 0 Å². The van der Waals surface area contributed by atoms with Gasteiger partial charge in [0, 0.05) is 7.47 Å². The predicted molar refractivity (Wildman–Crippen MR) is 33.4 cm³/mol. The molecule has 0 aromatic carbocycles. The Bertz CT molecular complexity index is 52.5. The molecule has 0 bridgehead atoms. The van der Waals surface area contributed by atoms with Gasteiger partial charge in [-0.25, -0.2) is 0 Å². The van der Waals surface area contributed by atoms with E-state index in [0.29, 0.717) is 0 Å². The Morgan fingerprint density at radius 3 is 2.57 bits per heavy atom. The van der Waals surface area contributed by atoms with Crippen LogP contribution >= 0.6 is 0 Å². The van der Waals surface area contributed by atoms with Gasteiger partial charge < -0.3 is 5.32 Å². The highest BCUT2D eigenvalue weighted by molar-refractivity contribution is 4.74. The van der Waals surface area contributed by atoms with Crippen LogP contribution in [0.25, 0.3) is 0 Å². The molecule has 1 saturated carbocycles. The van der Waals surface area contributed by atoms with Gasteiger partial charge in [0.15, 0.2) is 0 Å². The largest absolute Gasteiger partial charge is 0.314 e. The molecular weight excluding hydrogens is 86.1 g/mol. The minimum Gasteiger partial charge on any atom is -0.314 e. The normalized spacial score (nSPS) is 21.9. The summed E-state index contributed by atoms with van der Waals surface area (Å²) in [5.41, 5.74) is 0. The van der Waals surface area contributed by atoms with Crippen molar-refractivity contribution in [1.29, 1.82) is 0 Å². The van der Waals surface area contributed by atoms with Crippen LogP contribution in [0.5, 0.6) is 0 Å². The highest BCUT2D eigenvalue weighted by atomic mass is 14.9. The van der Waals surface area contributed by atoms with Gasteiger partial charge in [-0.1, -0.05) is 13.3 Å². The van der Waals surface area contributed by atoms with Crippen LogP contribution in [0, 0.1) is 0 Å². The summed E-state index contributed by atoms with van der Waals surface area (Å²) in [6.07, 6.45) is 4.26. The molecule has 0 aromatic rings. The molecule has 1 aliphatic rings. The molecule has 44 valence electrons. The molecule has 1 N–H and O–H groups in total. The van der Waals surface area contributed by atoms with Crippen LogP contribution in [0.3, 0.4) is 0 Å². The third kappa shape index (κ3) is 1.16. The fourth-order valence-corrected chi connectivity index (χ4v) is 0.901. The van der Waals surface area contributed by atoms with Crippen molar-refractivity contribution in [2.75, 3.05) is 6.54 Å². The molecule has 0 aromatic heterocycles. The summed E-state index contributed by atoms with van der Waals surface area (Å²) in [7, 11) is 0. The Hall–Kier alpha value is -0.0400. The Kier molecular flexibility index (Phi) is 1.69. The predicted octanol–water partition coefficient (Wildman–Crippen LogP) is 1.39. The molecule has 0 aliphatic heterocycles. The summed E-state index contributed by atoms with van der Waals surface area (Å²) in [4.78, 5) is 0. The van der Waals surface area contributed by atoms with Crippen molar-refractivity contribution in [1.82, 2.24) is 5.32 Å². The van der Waals surface area contributed by atoms with Crippen LogP contribution in [-0.4, -0.2) is 12.6 Å². The summed E-state index contributed by atoms with van der Waals surface area (Å²) in [6, 6.07) is 0.880. The van der Waals surface area contributed by atoms with Crippen molar-refractivity contribution in [3.63, 3.8) is 0 Å². The fourth-order valence-electron chi connectivity index (χ4n) is 0.901. The Labute approximate surface area is 46.6 Å². The first kappa shape index (κ1) is 5.10. The van der Waals surface area contributed by atoms with Gasteiger partial charge in [0.1, 0.15) is 0 Å². The lowest BCUT2D eigenvalue weighted by Gasteiger charge is -2.25. The summed E-state index contributed by atoms with van der Waals surface area (Å²) >= 11 is 0. The van der Waals surface area contributed by atoms with Gasteiger partial charge in [0.05, 0.1) is 0 Å². The standard InChI is InChI=1S/C6H13N.H2/c1-2-7-6-4-3-5-6;/h6-7H,2-5H2,1H3;1H. The number of rotatable bonds is 2. The van der Waals surface area contributed by atoms with Crippen molar-refractivity contribution in [2.45, 2.75) is 32.2 Å². The van der Waals surface area contributed by atoms with E-state index in [-0.39, 0.29) is 1.43 Å². The zero-order chi connectivity index (χ0) is 5.11. The third-order valence-electron chi connectivity index (χ3n) is 1.60. The average Bonchev–Trinajstić information content (AvgIpc) is 1.55. The van der Waals surface area contributed by atoms with Gasteiger partial charge in [0.25, 0.3) is 0 Å². The third-order valence-corrected chi connectivity index (χ3v) is 1.60. The van der Waals surface area contributed by atoms with Crippen LogP contribution in [0.1, 0.15) is 27.6 Å². The van der Waals surface area contributed by atoms with Gasteiger partial charge in [-0.15, -0.1) is 0 Å². The molecule has 0 amide bonds. The van der Waals surface area contributed by atoms with Gasteiger partial charge in [-0.3, -0.25) is 0 Å². The van der Waals surface area contributed by atoms with Gasteiger partial charge in [-0.05, 0) is 19.4 Å². The maximum Gasteiger partial charge on any atom is 0.00669 e. The van der Waals surface area contributed by atoms with Gasteiger partial charge in [0.2, 0.25) is 0 Å². The molecule has 0 atom stereocenters. The summed E-state index contributed by atoms with van der Waals surface area (Å²) in [5, 5.41) is 3.38. The second-order valence-electron chi connectivity index (χ2n) is 2.19. The minimum absolute atomic E-state index is 0. The van der Waals surface area contributed by atoms with Crippen LogP contribution in [-0.2, 0) is 0 Å². The molecule has 7 heavy (non-hydrogen) atoms. The molecule has 0 saturated heterocycles. The van der Waals surface area contributed by atoms with E-state index in [4.69, 9.17) is 0 Å². The summed E-state index contributed by atoms with van der Waals surface area (Å²) in [6.45, 7) is 3.31. The van der Waals surface area contributed by atoms with Gasteiger partial charge in [-0.2, -0.15) is 0 Å². The second kappa shape index (κ2) is 2.31. The molecule has 0 unspecified atom stereocenters. The lowest BCUT2D eigenvalue weighted by atomic mass is 9.93. The summed E-state index contributed by atoms with van der Waals surface area (Å²) in [5.74, 6) is 0. The van der Waals surface area contributed by atoms with E-state index in [1.807, 2.05) is 0 Å². The second-order valence-corrected chi connectivity index (χ2v) is 2.19. The first-order valence-electron chi connectivity index (χ1n) is 3.17. The number of nitrogens with one attached hydrogen (secondary N) is 1. The van der Waals surface area contributed by atoms with Crippen molar-refractivity contribution < 1.29 is 1.43 Å². The topological polar surface area (TPSA) is 12.0 Å². The lowest BCUT2D eigenvalue weighted by molar-refractivity contribution is 0.346. The fraction of sp³-hybridized carbons (Fsp3) is 1.00. The van der Waals surface area contributed by atoms with Gasteiger partial charge >= 0.3 is 0 Å². The quantitative estimate of drug-likeness (QED) is 0.554. The first-order valence-corrected chi connectivity index (χ1v) is 3.17. The molecule has 0 spiro atoms. The zero-order valence-corrected chi connectivity index (χ0v) is 4.91. The van der Waals surface area contributed by atoms with Crippen LogP contribution in [0.2, 0.25) is 0 Å². The van der Waals surface area contributed by atoms with Crippen molar-refractivity contribution in [2.24, 2.45) is 0 Å². The molecule has 0 radical (unpaired) electrons. The molecule has 1 heteroatoms. The SMILES string of the molecule is CCNC1CCC1.[HH]. The van der Waals surface area contributed by atoms with Crippen molar-refractivity contribution in [3.05, 3.63) is 0 Å². The van der Waals surface area contributed by atoms with E-state index in [1.165, 1.54) is 19.3 Å². The molecule has 1 aliphatic carbocycles. The smallest absolute Gasteiger partial charge is 0.00669 e. The Morgan fingerprint density at radius 1 is 1.71 bits per heavy atom. The highest BCUT2D eigenvalue weighted by Crippen LogP contribution is 2.17. The average molecular weight is 101 g/mol. The lowest BCUT2D eigenvalue weighted by Crippen LogP contribution is -2.34. The van der Waals surface area contributed by atoms with E-state index in [2.05, 4.69) is 12.2 Å². The molecule has 1 fully saturated rings. The molecule has 1 rings (SSSR count). The van der Waals surface area contributed by atoms with E-state index in [1.54, 1.807) is 0 Å². The van der Waals surface area contributed by atoms with Crippen LogP contribution < -0.4 is 5.32 Å². The highest BCUT2D eigenvalue weighted by Gasteiger charge is 2.14.